The summed E-state index contributed by atoms with van der Waals surface area (Å²) in [4.78, 5) is 52.5. The molecule has 0 saturated carbocycles. The van der Waals surface area contributed by atoms with Gasteiger partial charge in [0, 0.05) is 32.2 Å². The van der Waals surface area contributed by atoms with Gasteiger partial charge in [-0.25, -0.2) is 4.39 Å². The average molecular weight is 522 g/mol. The van der Waals surface area contributed by atoms with Crippen LogP contribution in [0.15, 0.2) is 42.5 Å². The van der Waals surface area contributed by atoms with Crippen LogP contribution >= 0.6 is 0 Å². The van der Waals surface area contributed by atoms with Gasteiger partial charge in [-0.05, 0) is 42.3 Å². The van der Waals surface area contributed by atoms with Crippen LogP contribution < -0.4 is 25.6 Å². The topological polar surface area (TPSA) is 120 Å². The van der Waals surface area contributed by atoms with Crippen molar-refractivity contribution in [2.24, 2.45) is 0 Å². The van der Waals surface area contributed by atoms with Gasteiger partial charge in [-0.2, -0.15) is 0 Å². The highest BCUT2D eigenvalue weighted by Gasteiger charge is 2.32. The molecule has 0 spiro atoms. The molecule has 1 saturated heterocycles. The molecular weight excluding hydrogens is 493 g/mol. The molecule has 2 aromatic rings. The Balaban J connectivity index is 1.32. The highest BCUT2D eigenvalue weighted by molar-refractivity contribution is 6.35. The van der Waals surface area contributed by atoms with Gasteiger partial charge < -0.3 is 25.6 Å². The van der Waals surface area contributed by atoms with Crippen LogP contribution in [0.1, 0.15) is 11.1 Å². The summed E-state index contributed by atoms with van der Waals surface area (Å²) in [5, 5.41) is 7.67. The minimum Gasteiger partial charge on any atom is -0.489 e. The van der Waals surface area contributed by atoms with Crippen molar-refractivity contribution >= 4 is 29.3 Å². The standard InChI is InChI=1S/C27H28FN5O5/c1-32-22-15-18(5-3-12-33-13-11-29-24(34)16-33)7-8-23(22)38-17-21(27(32)37)31-26(36)25(35)30-10-9-19-4-2-6-20(28)14-19/h2,4,6-8,14-15,21H,9-13,16-17H2,1H3,(H,29,34)(H,30,35)(H,31,36)/t21-/m0/s1. The maximum atomic E-state index is 13.3. The summed E-state index contributed by atoms with van der Waals surface area (Å²) < 4.78 is 19.0. The second kappa shape index (κ2) is 12.2. The largest absolute Gasteiger partial charge is 0.489 e. The summed E-state index contributed by atoms with van der Waals surface area (Å²) in [5.41, 5.74) is 1.82. The van der Waals surface area contributed by atoms with Gasteiger partial charge in [0.1, 0.15) is 24.2 Å². The Bertz CT molecular complexity index is 1300. The van der Waals surface area contributed by atoms with Crippen LogP contribution in [-0.2, 0) is 25.6 Å². The zero-order chi connectivity index (χ0) is 27.1. The van der Waals surface area contributed by atoms with Gasteiger partial charge in [-0.15, -0.1) is 0 Å². The smallest absolute Gasteiger partial charge is 0.310 e. The van der Waals surface area contributed by atoms with Crippen LogP contribution in [0.5, 0.6) is 5.75 Å². The number of carbonyl (C=O) groups is 4. The number of ether oxygens (including phenoxy) is 1. The number of carbonyl (C=O) groups excluding carboxylic acids is 4. The molecule has 0 unspecified atom stereocenters. The molecule has 1 atom stereocenters. The van der Waals surface area contributed by atoms with E-state index in [2.05, 4.69) is 27.8 Å². The van der Waals surface area contributed by atoms with Gasteiger partial charge in [0.25, 0.3) is 5.91 Å². The average Bonchev–Trinajstić information content (AvgIpc) is 3.01. The van der Waals surface area contributed by atoms with Crippen molar-refractivity contribution in [3.63, 3.8) is 0 Å². The molecule has 4 amide bonds. The number of halogens is 1. The van der Waals surface area contributed by atoms with Crippen LogP contribution in [0.4, 0.5) is 10.1 Å². The fourth-order valence-corrected chi connectivity index (χ4v) is 4.08. The molecular formula is C27H28FN5O5. The van der Waals surface area contributed by atoms with Gasteiger partial charge in [-0.1, -0.05) is 24.0 Å². The Morgan fingerprint density at radius 3 is 2.82 bits per heavy atom. The SMILES string of the molecule is CN1C(=O)[C@@H](NC(=O)C(=O)NCCc2cccc(F)c2)COc2ccc(C#CCN3CCNC(=O)C3)cc21. The molecule has 0 bridgehead atoms. The molecule has 0 aliphatic carbocycles. The molecule has 2 aliphatic heterocycles. The summed E-state index contributed by atoms with van der Waals surface area (Å²) in [6.45, 7) is 2.05. The predicted octanol–water partition coefficient (Wildman–Crippen LogP) is -0.192. The molecule has 4 rings (SSSR count). The highest BCUT2D eigenvalue weighted by Crippen LogP contribution is 2.31. The van der Waals surface area contributed by atoms with E-state index in [4.69, 9.17) is 4.74 Å². The second-order valence-electron chi connectivity index (χ2n) is 8.92. The minimum atomic E-state index is -1.08. The number of anilines is 1. The first-order valence-corrected chi connectivity index (χ1v) is 12.2. The molecule has 198 valence electrons. The summed E-state index contributed by atoms with van der Waals surface area (Å²) in [5.74, 6) is 3.81. The Hall–Kier alpha value is -4.43. The fraction of sp³-hybridized carbons (Fsp3) is 0.333. The van der Waals surface area contributed by atoms with Gasteiger partial charge in [-0.3, -0.25) is 24.1 Å². The highest BCUT2D eigenvalue weighted by atomic mass is 19.1. The quantitative estimate of drug-likeness (QED) is 0.371. The number of fused-ring (bicyclic) bond motifs is 1. The minimum absolute atomic E-state index is 0.0247. The van der Waals surface area contributed by atoms with Crippen molar-refractivity contribution in [3.8, 4) is 17.6 Å². The van der Waals surface area contributed by atoms with Crippen molar-refractivity contribution in [2.75, 3.05) is 51.3 Å². The second-order valence-corrected chi connectivity index (χ2v) is 8.92. The first kappa shape index (κ1) is 26.6. The Labute approximate surface area is 219 Å². The Kier molecular flexibility index (Phi) is 8.55. The molecule has 2 aromatic carbocycles. The molecule has 0 aromatic heterocycles. The van der Waals surface area contributed by atoms with E-state index in [1.54, 1.807) is 37.4 Å². The van der Waals surface area contributed by atoms with Crippen molar-refractivity contribution < 1.29 is 28.3 Å². The predicted molar refractivity (Wildman–Crippen MR) is 137 cm³/mol. The van der Waals surface area contributed by atoms with E-state index in [0.717, 1.165) is 6.54 Å². The first-order valence-electron chi connectivity index (χ1n) is 12.2. The number of rotatable bonds is 5. The molecule has 1 fully saturated rings. The van der Waals surface area contributed by atoms with Crippen LogP contribution in [0, 0.1) is 17.7 Å². The van der Waals surface area contributed by atoms with E-state index in [1.165, 1.54) is 17.0 Å². The molecule has 3 N–H and O–H groups in total. The van der Waals surface area contributed by atoms with Gasteiger partial charge in [0.15, 0.2) is 0 Å². The third-order valence-electron chi connectivity index (χ3n) is 6.11. The van der Waals surface area contributed by atoms with Crippen molar-refractivity contribution in [1.29, 1.82) is 0 Å². The lowest BCUT2D eigenvalue weighted by Gasteiger charge is -2.24. The number of benzene rings is 2. The molecule has 2 heterocycles. The third-order valence-corrected chi connectivity index (χ3v) is 6.11. The number of likely N-dealkylation sites (N-methyl/N-ethyl adjacent to an activating group) is 1. The molecule has 38 heavy (non-hydrogen) atoms. The van der Waals surface area contributed by atoms with Gasteiger partial charge in [0.2, 0.25) is 5.91 Å². The number of piperazine rings is 1. The summed E-state index contributed by atoms with van der Waals surface area (Å²) in [6.07, 6.45) is 0.346. The van der Waals surface area contributed by atoms with Crippen LogP contribution in [0.3, 0.4) is 0 Å². The third kappa shape index (κ3) is 6.86. The summed E-state index contributed by atoms with van der Waals surface area (Å²) in [7, 11) is 1.55. The number of hydrogen-bond acceptors (Lipinski definition) is 6. The Morgan fingerprint density at radius 2 is 2.03 bits per heavy atom. The Morgan fingerprint density at radius 1 is 1.18 bits per heavy atom. The molecule has 2 aliphatic rings. The fourth-order valence-electron chi connectivity index (χ4n) is 4.08. The van der Waals surface area contributed by atoms with E-state index in [1.807, 2.05) is 4.90 Å². The number of nitrogens with one attached hydrogen (secondary N) is 3. The lowest BCUT2D eigenvalue weighted by atomic mass is 10.1. The molecule has 10 nitrogen and oxygen atoms in total. The van der Waals surface area contributed by atoms with Gasteiger partial charge >= 0.3 is 11.8 Å². The number of amides is 4. The van der Waals surface area contributed by atoms with Gasteiger partial charge in [0.05, 0.1) is 18.8 Å². The van der Waals surface area contributed by atoms with E-state index in [9.17, 15) is 23.6 Å². The van der Waals surface area contributed by atoms with E-state index >= 15 is 0 Å². The van der Waals surface area contributed by atoms with Crippen molar-refractivity contribution in [2.45, 2.75) is 12.5 Å². The maximum Gasteiger partial charge on any atom is 0.310 e. The monoisotopic (exact) mass is 521 g/mol. The zero-order valence-corrected chi connectivity index (χ0v) is 20.9. The zero-order valence-electron chi connectivity index (χ0n) is 20.9. The van der Waals surface area contributed by atoms with Crippen LogP contribution in [-0.4, -0.2) is 80.9 Å². The lowest BCUT2D eigenvalue weighted by molar-refractivity contribution is -0.140. The van der Waals surface area contributed by atoms with Crippen LogP contribution in [0.2, 0.25) is 0 Å². The maximum absolute atomic E-state index is 13.3. The number of nitrogens with zero attached hydrogens (tertiary/aromatic N) is 2. The normalized spacial score (nSPS) is 17.2. The summed E-state index contributed by atoms with van der Waals surface area (Å²) in [6, 6.07) is 10.1. The van der Waals surface area contributed by atoms with E-state index in [-0.39, 0.29) is 24.9 Å². The first-order chi connectivity index (χ1) is 18.3. The van der Waals surface area contributed by atoms with Crippen LogP contribution in [0.25, 0.3) is 0 Å². The molecule has 0 radical (unpaired) electrons. The van der Waals surface area contributed by atoms with Crippen molar-refractivity contribution in [1.82, 2.24) is 20.9 Å². The molecule has 11 heteroatoms. The van der Waals surface area contributed by atoms with Crippen molar-refractivity contribution in [3.05, 3.63) is 59.4 Å². The lowest BCUT2D eigenvalue weighted by Crippen LogP contribution is -2.53. The van der Waals surface area contributed by atoms with E-state index in [0.29, 0.717) is 48.6 Å². The summed E-state index contributed by atoms with van der Waals surface area (Å²) >= 11 is 0. The number of hydrogen-bond donors (Lipinski definition) is 3. The van der Waals surface area contributed by atoms with E-state index < -0.39 is 23.8 Å².